The van der Waals surface area contributed by atoms with Gasteiger partial charge in [0.2, 0.25) is 5.16 Å². The average Bonchev–Trinajstić information content (AvgIpc) is 3.06. The van der Waals surface area contributed by atoms with Gasteiger partial charge in [0, 0.05) is 5.56 Å². The number of thioether (sulfide) groups is 1. The van der Waals surface area contributed by atoms with Gasteiger partial charge in [-0.05, 0) is 36.4 Å². The average molecular weight is 367 g/mol. The number of carbonyl (C=O) groups is 1. The van der Waals surface area contributed by atoms with Crippen molar-refractivity contribution >= 4 is 23.8 Å². The number of aromatic amines is 1. The topological polar surface area (TPSA) is 88.1 Å². The number of rotatable bonds is 7. The summed E-state index contributed by atoms with van der Waals surface area (Å²) in [4.78, 5) is 15.9. The Morgan fingerprint density at radius 3 is 2.62 bits per heavy atom. The molecule has 0 saturated carbocycles. The van der Waals surface area contributed by atoms with Crippen molar-refractivity contribution in [2.24, 2.45) is 0 Å². The Hall–Kier alpha value is -3.06. The number of aryl methyl sites for hydroxylation is 1. The Morgan fingerprint density at radius 1 is 1.19 bits per heavy atom. The van der Waals surface area contributed by atoms with Crippen LogP contribution in [0.25, 0.3) is 6.08 Å². The fourth-order valence-electron chi connectivity index (χ4n) is 2.21. The van der Waals surface area contributed by atoms with Crippen LogP contribution in [0.1, 0.15) is 17.0 Å². The molecule has 132 valence electrons. The number of para-hydroxylation sites is 1. The van der Waals surface area contributed by atoms with E-state index in [0.29, 0.717) is 28.9 Å². The van der Waals surface area contributed by atoms with Crippen molar-refractivity contribution in [1.29, 1.82) is 0 Å². The van der Waals surface area contributed by atoms with Crippen molar-refractivity contribution < 1.29 is 14.6 Å². The molecule has 0 saturated heterocycles. The Kier molecular flexibility index (Phi) is 5.70. The van der Waals surface area contributed by atoms with E-state index in [1.165, 1.54) is 0 Å². The summed E-state index contributed by atoms with van der Waals surface area (Å²) in [7, 11) is 0. The molecule has 0 atom stereocenters. The maximum absolute atomic E-state index is 11.6. The minimum absolute atomic E-state index is 0.111. The normalized spacial score (nSPS) is 11.3. The summed E-state index contributed by atoms with van der Waals surface area (Å²) in [5.74, 6) is 0.195. The molecule has 0 bridgehead atoms. The van der Waals surface area contributed by atoms with Crippen LogP contribution in [-0.2, 0) is 11.4 Å². The van der Waals surface area contributed by atoms with Crippen LogP contribution in [-0.4, -0.2) is 26.3 Å². The standard InChI is InChI=1S/C19H17N3O3S/c1-13-20-19(22-21-13)26-17(18(23)24)11-15-9-5-6-10-16(15)25-12-14-7-3-2-4-8-14/h2-11H,12H2,1H3,(H,23,24)(H,20,21,22)/b17-11+. The Labute approximate surface area is 154 Å². The van der Waals surface area contributed by atoms with E-state index in [4.69, 9.17) is 4.74 Å². The second-order valence-corrected chi connectivity index (χ2v) is 6.44. The summed E-state index contributed by atoms with van der Waals surface area (Å²) >= 11 is 0.988. The van der Waals surface area contributed by atoms with Gasteiger partial charge in [0.25, 0.3) is 0 Å². The fraction of sp³-hybridized carbons (Fsp3) is 0.105. The van der Waals surface area contributed by atoms with Crippen LogP contribution in [0.4, 0.5) is 0 Å². The zero-order chi connectivity index (χ0) is 18.4. The maximum Gasteiger partial charge on any atom is 0.342 e. The molecule has 0 fully saturated rings. The molecule has 0 aliphatic rings. The highest BCUT2D eigenvalue weighted by Crippen LogP contribution is 2.29. The molecule has 3 rings (SSSR count). The third-order valence-corrected chi connectivity index (χ3v) is 4.31. The zero-order valence-electron chi connectivity index (χ0n) is 14.0. The Bertz CT molecular complexity index is 923. The smallest absolute Gasteiger partial charge is 0.342 e. The molecule has 3 aromatic rings. The van der Waals surface area contributed by atoms with Gasteiger partial charge in [-0.15, -0.1) is 5.10 Å². The van der Waals surface area contributed by atoms with Gasteiger partial charge < -0.3 is 9.84 Å². The summed E-state index contributed by atoms with van der Waals surface area (Å²) < 4.78 is 5.87. The SMILES string of the molecule is Cc1nc(S/C(=C/c2ccccc2OCc2ccccc2)C(=O)O)n[nH]1. The van der Waals surface area contributed by atoms with E-state index in [0.717, 1.165) is 17.3 Å². The predicted molar refractivity (Wildman–Crippen MR) is 99.8 cm³/mol. The van der Waals surface area contributed by atoms with E-state index in [9.17, 15) is 9.90 Å². The van der Waals surface area contributed by atoms with Gasteiger partial charge in [-0.2, -0.15) is 0 Å². The first-order valence-corrected chi connectivity index (χ1v) is 8.71. The lowest BCUT2D eigenvalue weighted by Crippen LogP contribution is -1.99. The largest absolute Gasteiger partial charge is 0.488 e. The molecule has 2 aromatic carbocycles. The number of carboxylic acids is 1. The summed E-state index contributed by atoms with van der Waals surface area (Å²) in [6.45, 7) is 2.16. The van der Waals surface area contributed by atoms with Crippen molar-refractivity contribution in [3.8, 4) is 5.75 Å². The minimum atomic E-state index is -1.05. The number of carboxylic acid groups (broad SMARTS) is 1. The van der Waals surface area contributed by atoms with E-state index >= 15 is 0 Å². The highest BCUT2D eigenvalue weighted by atomic mass is 32.2. The first-order chi connectivity index (χ1) is 12.6. The van der Waals surface area contributed by atoms with Crippen molar-refractivity contribution in [1.82, 2.24) is 15.2 Å². The fourth-order valence-corrected chi connectivity index (χ4v) is 2.95. The van der Waals surface area contributed by atoms with Crippen LogP contribution in [0, 0.1) is 6.92 Å². The molecule has 6 nitrogen and oxygen atoms in total. The predicted octanol–water partition coefficient (Wildman–Crippen LogP) is 3.91. The first kappa shape index (κ1) is 17.8. The van der Waals surface area contributed by atoms with Gasteiger partial charge in [-0.1, -0.05) is 48.5 Å². The van der Waals surface area contributed by atoms with E-state index in [-0.39, 0.29) is 4.91 Å². The lowest BCUT2D eigenvalue weighted by atomic mass is 10.2. The van der Waals surface area contributed by atoms with Crippen LogP contribution in [0.15, 0.2) is 64.7 Å². The molecule has 0 spiro atoms. The molecule has 0 unspecified atom stereocenters. The second-order valence-electron chi connectivity index (χ2n) is 5.43. The molecule has 7 heteroatoms. The van der Waals surface area contributed by atoms with Gasteiger partial charge >= 0.3 is 5.97 Å². The number of nitrogens with zero attached hydrogens (tertiary/aromatic N) is 2. The van der Waals surface area contributed by atoms with Gasteiger partial charge in [-0.3, -0.25) is 5.10 Å². The molecular weight excluding hydrogens is 350 g/mol. The lowest BCUT2D eigenvalue weighted by molar-refractivity contribution is -0.131. The third-order valence-electron chi connectivity index (χ3n) is 3.43. The first-order valence-electron chi connectivity index (χ1n) is 7.89. The van der Waals surface area contributed by atoms with E-state index in [2.05, 4.69) is 15.2 Å². The number of benzene rings is 2. The molecule has 0 amide bonds. The van der Waals surface area contributed by atoms with Crippen molar-refractivity contribution in [3.05, 3.63) is 76.5 Å². The molecule has 0 radical (unpaired) electrons. The number of hydrogen-bond donors (Lipinski definition) is 2. The van der Waals surface area contributed by atoms with Crippen LogP contribution >= 0.6 is 11.8 Å². The van der Waals surface area contributed by atoms with Crippen LogP contribution in [0.3, 0.4) is 0 Å². The third kappa shape index (κ3) is 4.73. The van der Waals surface area contributed by atoms with E-state index < -0.39 is 5.97 Å². The summed E-state index contributed by atoms with van der Waals surface area (Å²) in [6, 6.07) is 17.1. The Balaban J connectivity index is 1.82. The number of aliphatic carboxylic acids is 1. The summed E-state index contributed by atoms with van der Waals surface area (Å²) in [5.41, 5.74) is 1.72. The molecule has 0 aliphatic heterocycles. The van der Waals surface area contributed by atoms with Gasteiger partial charge in [0.15, 0.2) is 0 Å². The van der Waals surface area contributed by atoms with Gasteiger partial charge in [0.05, 0.1) is 0 Å². The highest BCUT2D eigenvalue weighted by Gasteiger charge is 2.14. The minimum Gasteiger partial charge on any atom is -0.488 e. The molecule has 1 aromatic heterocycles. The number of H-pyrrole nitrogens is 1. The monoisotopic (exact) mass is 367 g/mol. The summed E-state index contributed by atoms with van der Waals surface area (Å²) in [5, 5.41) is 16.5. The maximum atomic E-state index is 11.6. The molecule has 26 heavy (non-hydrogen) atoms. The highest BCUT2D eigenvalue weighted by molar-refractivity contribution is 8.04. The van der Waals surface area contributed by atoms with E-state index in [1.54, 1.807) is 13.0 Å². The van der Waals surface area contributed by atoms with Crippen LogP contribution in [0.5, 0.6) is 5.75 Å². The zero-order valence-corrected chi connectivity index (χ0v) is 14.9. The van der Waals surface area contributed by atoms with E-state index in [1.807, 2.05) is 54.6 Å². The van der Waals surface area contributed by atoms with Crippen molar-refractivity contribution in [3.63, 3.8) is 0 Å². The number of aromatic nitrogens is 3. The van der Waals surface area contributed by atoms with Crippen LogP contribution in [0.2, 0.25) is 0 Å². The second kappa shape index (κ2) is 8.35. The number of nitrogens with one attached hydrogen (secondary N) is 1. The lowest BCUT2D eigenvalue weighted by Gasteiger charge is -2.10. The quantitative estimate of drug-likeness (QED) is 0.486. The molecule has 2 N–H and O–H groups in total. The Morgan fingerprint density at radius 2 is 1.92 bits per heavy atom. The van der Waals surface area contributed by atoms with Gasteiger partial charge in [-0.25, -0.2) is 9.78 Å². The molecular formula is C19H17N3O3S. The number of ether oxygens (including phenoxy) is 1. The van der Waals surface area contributed by atoms with Crippen LogP contribution < -0.4 is 4.74 Å². The molecule has 0 aliphatic carbocycles. The van der Waals surface area contributed by atoms with Crippen molar-refractivity contribution in [2.45, 2.75) is 18.7 Å². The number of hydrogen-bond acceptors (Lipinski definition) is 5. The van der Waals surface area contributed by atoms with Gasteiger partial charge in [0.1, 0.15) is 23.1 Å². The van der Waals surface area contributed by atoms with Crippen molar-refractivity contribution in [2.75, 3.05) is 0 Å². The molecule has 1 heterocycles. The summed E-state index contributed by atoms with van der Waals surface area (Å²) in [6.07, 6.45) is 1.57.